The molecule has 2 aromatic rings. The molecule has 23 heavy (non-hydrogen) atoms. The van der Waals surface area contributed by atoms with Gasteiger partial charge in [0.25, 0.3) is 0 Å². The van der Waals surface area contributed by atoms with Crippen LogP contribution in [0.2, 0.25) is 0 Å². The minimum atomic E-state index is -0.490. The van der Waals surface area contributed by atoms with E-state index in [0.717, 1.165) is 30.3 Å². The second-order valence-corrected chi connectivity index (χ2v) is 6.67. The van der Waals surface area contributed by atoms with E-state index >= 15 is 0 Å². The maximum atomic E-state index is 12.1. The van der Waals surface area contributed by atoms with Gasteiger partial charge in [0.15, 0.2) is 5.82 Å². The second-order valence-electron chi connectivity index (χ2n) is 6.67. The van der Waals surface area contributed by atoms with E-state index < -0.39 is 5.60 Å². The van der Waals surface area contributed by atoms with Gasteiger partial charge in [0.1, 0.15) is 17.2 Å². The fraction of sp³-hybridized carbons (Fsp3) is 0.562. The predicted molar refractivity (Wildman–Crippen MR) is 82.8 cm³/mol. The van der Waals surface area contributed by atoms with E-state index in [1.807, 2.05) is 32.9 Å². The molecule has 1 aliphatic rings. The normalized spacial score (nSPS) is 14.7. The summed E-state index contributed by atoms with van der Waals surface area (Å²) in [5, 5.41) is 8.48. The van der Waals surface area contributed by atoms with Gasteiger partial charge in [0.2, 0.25) is 0 Å². The molecule has 7 nitrogen and oxygen atoms in total. The van der Waals surface area contributed by atoms with Gasteiger partial charge in [0.05, 0.1) is 12.8 Å². The van der Waals surface area contributed by atoms with Crippen LogP contribution in [-0.4, -0.2) is 37.9 Å². The first kappa shape index (κ1) is 15.6. The third-order valence-electron chi connectivity index (χ3n) is 3.66. The van der Waals surface area contributed by atoms with Gasteiger partial charge in [-0.3, -0.25) is 4.90 Å². The first-order valence-corrected chi connectivity index (χ1v) is 7.83. The summed E-state index contributed by atoms with van der Waals surface area (Å²) in [5.74, 6) is 2.67. The van der Waals surface area contributed by atoms with Gasteiger partial charge in [-0.15, -0.1) is 10.2 Å². The average Bonchev–Trinajstić information content (AvgIpc) is 3.12. The molecule has 0 saturated heterocycles. The molecular formula is C16H22N4O3. The Hall–Kier alpha value is -2.31. The number of fused-ring (bicyclic) bond motifs is 1. The highest BCUT2D eigenvalue weighted by Crippen LogP contribution is 2.17. The van der Waals surface area contributed by atoms with Gasteiger partial charge < -0.3 is 13.7 Å². The van der Waals surface area contributed by atoms with Gasteiger partial charge >= 0.3 is 6.09 Å². The topological polar surface area (TPSA) is 73.4 Å². The third-order valence-corrected chi connectivity index (χ3v) is 3.66. The summed E-state index contributed by atoms with van der Waals surface area (Å²) < 4.78 is 12.8. The summed E-state index contributed by atoms with van der Waals surface area (Å²) in [6, 6.07) is 3.84. The van der Waals surface area contributed by atoms with Gasteiger partial charge in [0, 0.05) is 25.9 Å². The monoisotopic (exact) mass is 318 g/mol. The summed E-state index contributed by atoms with van der Waals surface area (Å²) in [6.45, 7) is 7.32. The number of aromatic nitrogens is 3. The fourth-order valence-electron chi connectivity index (χ4n) is 2.58. The molecule has 0 aliphatic carbocycles. The van der Waals surface area contributed by atoms with Crippen molar-refractivity contribution in [1.29, 1.82) is 0 Å². The van der Waals surface area contributed by atoms with Gasteiger partial charge in [-0.25, -0.2) is 4.79 Å². The van der Waals surface area contributed by atoms with Crippen LogP contribution in [0, 0.1) is 0 Å². The Labute approximate surface area is 135 Å². The van der Waals surface area contributed by atoms with Crippen molar-refractivity contribution in [2.75, 3.05) is 6.54 Å². The van der Waals surface area contributed by atoms with E-state index in [9.17, 15) is 4.79 Å². The predicted octanol–water partition coefficient (Wildman–Crippen LogP) is 2.41. The molecule has 3 rings (SSSR count). The highest BCUT2D eigenvalue weighted by Gasteiger charge is 2.27. The summed E-state index contributed by atoms with van der Waals surface area (Å²) in [6.07, 6.45) is 2.94. The Bertz CT molecular complexity index is 670. The van der Waals surface area contributed by atoms with E-state index in [2.05, 4.69) is 14.8 Å². The van der Waals surface area contributed by atoms with E-state index in [1.165, 1.54) is 0 Å². The van der Waals surface area contributed by atoms with Crippen LogP contribution in [0.15, 0.2) is 22.8 Å². The van der Waals surface area contributed by atoms with Crippen LogP contribution in [0.4, 0.5) is 4.79 Å². The lowest BCUT2D eigenvalue weighted by Gasteiger charge is -2.30. The molecule has 3 heterocycles. The molecule has 7 heteroatoms. The first-order chi connectivity index (χ1) is 10.9. The smallest absolute Gasteiger partial charge is 0.410 e. The summed E-state index contributed by atoms with van der Waals surface area (Å²) in [4.78, 5) is 13.8. The van der Waals surface area contributed by atoms with Crippen molar-refractivity contribution in [3.63, 3.8) is 0 Å². The van der Waals surface area contributed by atoms with Crippen molar-refractivity contribution >= 4 is 6.09 Å². The Balaban J connectivity index is 1.63. The van der Waals surface area contributed by atoms with Crippen molar-refractivity contribution in [2.45, 2.75) is 52.3 Å². The minimum absolute atomic E-state index is 0.302. The summed E-state index contributed by atoms with van der Waals surface area (Å²) in [5.41, 5.74) is -0.490. The fourth-order valence-corrected chi connectivity index (χ4v) is 2.58. The van der Waals surface area contributed by atoms with Gasteiger partial charge in [-0.05, 0) is 32.9 Å². The zero-order valence-electron chi connectivity index (χ0n) is 13.8. The van der Waals surface area contributed by atoms with Crippen LogP contribution in [0.1, 0.15) is 38.2 Å². The lowest BCUT2D eigenvalue weighted by Crippen LogP contribution is -2.41. The lowest BCUT2D eigenvalue weighted by molar-refractivity contribution is 0.0194. The van der Waals surface area contributed by atoms with E-state index in [4.69, 9.17) is 9.15 Å². The van der Waals surface area contributed by atoms with Crippen molar-refractivity contribution in [3.05, 3.63) is 35.8 Å². The standard InChI is InChI=1S/C16H22N4O3/c1-16(2,3)23-15(21)19-8-9-20-13(17-18-14(20)11-19)7-6-12-5-4-10-22-12/h4-5,10H,6-9,11H2,1-3H3. The van der Waals surface area contributed by atoms with Crippen LogP contribution < -0.4 is 0 Å². The number of nitrogens with zero attached hydrogens (tertiary/aromatic N) is 4. The molecule has 0 atom stereocenters. The van der Waals surface area contributed by atoms with Crippen molar-refractivity contribution < 1.29 is 13.9 Å². The van der Waals surface area contributed by atoms with Gasteiger partial charge in [-0.2, -0.15) is 0 Å². The summed E-state index contributed by atoms with van der Waals surface area (Å²) in [7, 11) is 0. The van der Waals surface area contributed by atoms with Crippen LogP contribution in [0.25, 0.3) is 0 Å². The number of hydrogen-bond acceptors (Lipinski definition) is 5. The number of ether oxygens (including phenoxy) is 1. The van der Waals surface area contributed by atoms with Gasteiger partial charge in [-0.1, -0.05) is 0 Å². The van der Waals surface area contributed by atoms with Crippen LogP contribution in [-0.2, 0) is 30.7 Å². The second kappa shape index (κ2) is 6.06. The Morgan fingerprint density at radius 2 is 2.13 bits per heavy atom. The molecule has 0 saturated carbocycles. The maximum absolute atomic E-state index is 12.1. The molecule has 1 amide bonds. The SMILES string of the molecule is CC(C)(C)OC(=O)N1CCn2c(CCc3ccco3)nnc2C1. The Morgan fingerprint density at radius 1 is 1.30 bits per heavy atom. The lowest BCUT2D eigenvalue weighted by atomic mass is 10.2. The molecule has 0 radical (unpaired) electrons. The quantitative estimate of drug-likeness (QED) is 0.869. The Kier molecular flexibility index (Phi) is 4.11. The molecule has 0 unspecified atom stereocenters. The number of carbonyl (C=O) groups excluding carboxylic acids is 1. The zero-order valence-corrected chi connectivity index (χ0v) is 13.8. The van der Waals surface area contributed by atoms with Crippen molar-refractivity contribution in [1.82, 2.24) is 19.7 Å². The zero-order chi connectivity index (χ0) is 16.4. The van der Waals surface area contributed by atoms with Crippen LogP contribution in [0.3, 0.4) is 0 Å². The number of furan rings is 1. The van der Waals surface area contributed by atoms with Crippen LogP contribution in [0.5, 0.6) is 0 Å². The van der Waals surface area contributed by atoms with Crippen molar-refractivity contribution in [3.8, 4) is 0 Å². The highest BCUT2D eigenvalue weighted by molar-refractivity contribution is 5.68. The molecule has 0 fully saturated rings. The number of rotatable bonds is 3. The first-order valence-electron chi connectivity index (χ1n) is 7.83. The van der Waals surface area contributed by atoms with E-state index in [1.54, 1.807) is 11.2 Å². The molecule has 0 N–H and O–H groups in total. The van der Waals surface area contributed by atoms with E-state index in [-0.39, 0.29) is 6.09 Å². The average molecular weight is 318 g/mol. The molecule has 0 spiro atoms. The number of amides is 1. The molecular weight excluding hydrogens is 296 g/mol. The van der Waals surface area contributed by atoms with E-state index in [0.29, 0.717) is 19.6 Å². The largest absolute Gasteiger partial charge is 0.469 e. The number of hydrogen-bond donors (Lipinski definition) is 0. The highest BCUT2D eigenvalue weighted by atomic mass is 16.6. The summed E-state index contributed by atoms with van der Waals surface area (Å²) >= 11 is 0. The number of carbonyl (C=O) groups is 1. The molecule has 0 bridgehead atoms. The van der Waals surface area contributed by atoms with Crippen molar-refractivity contribution in [2.24, 2.45) is 0 Å². The minimum Gasteiger partial charge on any atom is -0.469 e. The molecule has 2 aromatic heterocycles. The Morgan fingerprint density at radius 3 is 2.83 bits per heavy atom. The molecule has 124 valence electrons. The molecule has 0 aromatic carbocycles. The third kappa shape index (κ3) is 3.72. The number of aryl methyl sites for hydroxylation is 2. The molecule has 1 aliphatic heterocycles. The maximum Gasteiger partial charge on any atom is 0.410 e. The van der Waals surface area contributed by atoms with Crippen LogP contribution >= 0.6 is 0 Å².